The van der Waals surface area contributed by atoms with Crippen LogP contribution in [0.5, 0.6) is 5.75 Å². The van der Waals surface area contributed by atoms with E-state index in [0.29, 0.717) is 30.7 Å². The maximum atomic E-state index is 15.3. The lowest BCUT2D eigenvalue weighted by Gasteiger charge is -2.36. The second-order valence-corrected chi connectivity index (χ2v) is 10.5. The molecule has 2 heterocycles. The van der Waals surface area contributed by atoms with Gasteiger partial charge in [0, 0.05) is 23.4 Å². The van der Waals surface area contributed by atoms with Gasteiger partial charge in [0.2, 0.25) is 0 Å². The molecule has 2 aromatic rings. The summed E-state index contributed by atoms with van der Waals surface area (Å²) in [6.45, 7) is 2.46. The first-order chi connectivity index (χ1) is 15.5. The Balaban J connectivity index is 1.33. The summed E-state index contributed by atoms with van der Waals surface area (Å²) in [7, 11) is 1.59. The summed E-state index contributed by atoms with van der Waals surface area (Å²) < 4.78 is 20.6. The van der Waals surface area contributed by atoms with Gasteiger partial charge in [0.15, 0.2) is 0 Å². The number of aliphatic carboxylic acids is 1. The molecule has 7 heteroatoms. The number of piperidine rings is 1. The Labute approximate surface area is 193 Å². The molecular formula is C25H33FN2O3S. The molecule has 174 valence electrons. The average Bonchev–Trinajstić information content (AvgIpc) is 3.64. The smallest absolute Gasteiger partial charge is 0.308 e. The van der Waals surface area contributed by atoms with Crippen LogP contribution in [0.2, 0.25) is 0 Å². The number of aromatic nitrogens is 1. The van der Waals surface area contributed by atoms with Gasteiger partial charge in [0.1, 0.15) is 11.9 Å². The molecule has 0 unspecified atom stereocenters. The number of ether oxygens (including phenoxy) is 1. The van der Waals surface area contributed by atoms with E-state index in [1.807, 2.05) is 18.2 Å². The Morgan fingerprint density at radius 3 is 2.94 bits per heavy atom. The Morgan fingerprint density at radius 2 is 2.19 bits per heavy atom. The van der Waals surface area contributed by atoms with Crippen molar-refractivity contribution in [3.63, 3.8) is 0 Å². The summed E-state index contributed by atoms with van der Waals surface area (Å²) in [6, 6.07) is 7.21. The molecule has 1 saturated carbocycles. The van der Waals surface area contributed by atoms with Crippen molar-refractivity contribution in [2.24, 2.45) is 11.8 Å². The van der Waals surface area contributed by atoms with Gasteiger partial charge >= 0.3 is 5.97 Å². The number of rotatable bonds is 11. The predicted octanol–water partition coefficient (Wildman–Crippen LogP) is 5.34. The van der Waals surface area contributed by atoms with Gasteiger partial charge < -0.3 is 14.7 Å². The summed E-state index contributed by atoms with van der Waals surface area (Å²) in [6.07, 6.45) is 6.04. The molecule has 0 amide bonds. The van der Waals surface area contributed by atoms with E-state index in [1.165, 1.54) is 12.8 Å². The molecule has 0 radical (unpaired) electrons. The van der Waals surface area contributed by atoms with Crippen molar-refractivity contribution < 1.29 is 19.0 Å². The van der Waals surface area contributed by atoms with Crippen LogP contribution in [0.4, 0.5) is 4.39 Å². The average molecular weight is 461 g/mol. The molecule has 1 N–H and O–H groups in total. The van der Waals surface area contributed by atoms with E-state index in [-0.39, 0.29) is 5.92 Å². The molecule has 0 spiro atoms. The predicted molar refractivity (Wildman–Crippen MR) is 127 cm³/mol. The van der Waals surface area contributed by atoms with Crippen LogP contribution in [0.25, 0.3) is 10.9 Å². The Morgan fingerprint density at radius 1 is 1.34 bits per heavy atom. The quantitative estimate of drug-likeness (QED) is 0.457. The standard InChI is InChI=1S/C25H33FN2O3S/c1-31-18-4-8-24-21(15-18)20(9-11-27-24)23(26)7-3-17-10-13-28(16-22(17)25(29)30)12-2-14-32-19-5-6-19/h4,8-9,11,15,17,19,22-23H,2-3,5-7,10,12-14,16H2,1H3,(H,29,30)/t17-,22+,23-/m1/s1. The highest BCUT2D eigenvalue weighted by Crippen LogP contribution is 2.36. The third-order valence-corrected chi connectivity index (χ3v) is 8.23. The zero-order chi connectivity index (χ0) is 22.5. The number of thioether (sulfide) groups is 1. The summed E-state index contributed by atoms with van der Waals surface area (Å²) in [5, 5.41) is 11.4. The van der Waals surface area contributed by atoms with Gasteiger partial charge in [0.25, 0.3) is 0 Å². The van der Waals surface area contributed by atoms with Gasteiger partial charge in [-0.25, -0.2) is 4.39 Å². The number of carboxylic acids is 1. The van der Waals surface area contributed by atoms with E-state index in [0.717, 1.165) is 47.8 Å². The lowest BCUT2D eigenvalue weighted by Crippen LogP contribution is -2.44. The molecule has 1 aliphatic heterocycles. The first-order valence-electron chi connectivity index (χ1n) is 11.7. The molecule has 1 aliphatic carbocycles. The van der Waals surface area contributed by atoms with Crippen molar-refractivity contribution in [1.82, 2.24) is 9.88 Å². The van der Waals surface area contributed by atoms with Gasteiger partial charge in [-0.15, -0.1) is 0 Å². The van der Waals surface area contributed by atoms with Crippen LogP contribution in [0.3, 0.4) is 0 Å². The maximum Gasteiger partial charge on any atom is 0.308 e. The third kappa shape index (κ3) is 5.93. The summed E-state index contributed by atoms with van der Waals surface area (Å²) in [4.78, 5) is 18.6. The highest BCUT2D eigenvalue weighted by atomic mass is 32.2. The number of hydrogen-bond donors (Lipinski definition) is 1. The minimum atomic E-state index is -1.15. The number of hydrogen-bond acceptors (Lipinski definition) is 5. The van der Waals surface area contributed by atoms with E-state index < -0.39 is 18.1 Å². The zero-order valence-corrected chi connectivity index (χ0v) is 19.5. The molecule has 1 aromatic heterocycles. The number of pyridine rings is 1. The summed E-state index contributed by atoms with van der Waals surface area (Å²) in [5.41, 5.74) is 1.34. The van der Waals surface area contributed by atoms with E-state index in [1.54, 1.807) is 19.4 Å². The minimum absolute atomic E-state index is 0.0190. The van der Waals surface area contributed by atoms with Gasteiger partial charge in [-0.2, -0.15) is 11.8 Å². The van der Waals surface area contributed by atoms with Crippen molar-refractivity contribution in [3.8, 4) is 5.75 Å². The number of fused-ring (bicyclic) bond motifs is 1. The Bertz CT molecular complexity index is 923. The van der Waals surface area contributed by atoms with Crippen LogP contribution in [0.1, 0.15) is 50.3 Å². The molecule has 2 fully saturated rings. The second-order valence-electron chi connectivity index (χ2n) is 9.05. The van der Waals surface area contributed by atoms with Crippen LogP contribution in [0, 0.1) is 11.8 Å². The fourth-order valence-corrected chi connectivity index (χ4v) is 5.83. The topological polar surface area (TPSA) is 62.7 Å². The molecule has 5 nitrogen and oxygen atoms in total. The molecular weight excluding hydrogens is 427 g/mol. The zero-order valence-electron chi connectivity index (χ0n) is 18.7. The summed E-state index contributed by atoms with van der Waals surface area (Å²) in [5.74, 6) is 0.692. The van der Waals surface area contributed by atoms with Crippen LogP contribution < -0.4 is 4.74 Å². The highest BCUT2D eigenvalue weighted by Gasteiger charge is 2.34. The lowest BCUT2D eigenvalue weighted by molar-refractivity contribution is -0.146. The van der Waals surface area contributed by atoms with Crippen LogP contribution >= 0.6 is 11.8 Å². The molecule has 1 aromatic carbocycles. The monoisotopic (exact) mass is 460 g/mol. The third-order valence-electron chi connectivity index (χ3n) is 6.76. The van der Waals surface area contributed by atoms with Crippen molar-refractivity contribution in [2.45, 2.75) is 49.9 Å². The lowest BCUT2D eigenvalue weighted by atomic mass is 9.81. The van der Waals surface area contributed by atoms with Gasteiger partial charge in [-0.05, 0) is 93.1 Å². The van der Waals surface area contributed by atoms with Gasteiger partial charge in [0.05, 0.1) is 18.5 Å². The van der Waals surface area contributed by atoms with Crippen LogP contribution in [-0.2, 0) is 4.79 Å². The molecule has 0 bridgehead atoms. The molecule has 3 atom stereocenters. The van der Waals surface area contributed by atoms with Gasteiger partial charge in [-0.3, -0.25) is 9.78 Å². The van der Waals surface area contributed by atoms with E-state index >= 15 is 4.39 Å². The SMILES string of the molecule is COc1ccc2nccc([C@H](F)CC[C@@H]3CCN(CCCSC4CC4)C[C@@H]3C(=O)O)c2c1. The Hall–Kier alpha value is -1.86. The van der Waals surface area contributed by atoms with Crippen molar-refractivity contribution in [3.05, 3.63) is 36.0 Å². The molecule has 1 saturated heterocycles. The van der Waals surface area contributed by atoms with Crippen LogP contribution in [-0.4, -0.2) is 58.7 Å². The van der Waals surface area contributed by atoms with E-state index in [2.05, 4.69) is 21.6 Å². The number of carbonyl (C=O) groups is 1. The van der Waals surface area contributed by atoms with Gasteiger partial charge in [-0.1, -0.05) is 0 Å². The number of alkyl halides is 1. The van der Waals surface area contributed by atoms with Crippen LogP contribution in [0.15, 0.2) is 30.5 Å². The number of carboxylic acid groups (broad SMARTS) is 1. The first-order valence-corrected chi connectivity index (χ1v) is 12.7. The normalized spacial score (nSPS) is 22.7. The first kappa shape index (κ1) is 23.3. The Kier molecular flexibility index (Phi) is 7.89. The van der Waals surface area contributed by atoms with E-state index in [4.69, 9.17) is 4.74 Å². The molecule has 2 aliphatic rings. The number of nitrogens with zero attached hydrogens (tertiary/aromatic N) is 2. The number of benzene rings is 1. The molecule has 4 rings (SSSR count). The minimum Gasteiger partial charge on any atom is -0.497 e. The highest BCUT2D eigenvalue weighted by molar-refractivity contribution is 8.00. The number of halogens is 1. The second kappa shape index (κ2) is 10.8. The fraction of sp³-hybridized carbons (Fsp3) is 0.600. The van der Waals surface area contributed by atoms with Crippen molar-refractivity contribution >= 4 is 28.6 Å². The van der Waals surface area contributed by atoms with E-state index in [9.17, 15) is 9.90 Å². The van der Waals surface area contributed by atoms with Crippen molar-refractivity contribution in [2.75, 3.05) is 32.5 Å². The van der Waals surface area contributed by atoms with Crippen molar-refractivity contribution in [1.29, 1.82) is 0 Å². The number of methoxy groups -OCH3 is 1. The largest absolute Gasteiger partial charge is 0.497 e. The molecule has 32 heavy (non-hydrogen) atoms. The number of likely N-dealkylation sites (tertiary alicyclic amines) is 1. The fourth-order valence-electron chi connectivity index (χ4n) is 4.73. The summed E-state index contributed by atoms with van der Waals surface area (Å²) >= 11 is 2.05. The maximum absolute atomic E-state index is 15.3.